The van der Waals surface area contributed by atoms with Crippen LogP contribution >= 0.6 is 0 Å². The van der Waals surface area contributed by atoms with Crippen LogP contribution in [0.3, 0.4) is 0 Å². The maximum absolute atomic E-state index is 11.4. The summed E-state index contributed by atoms with van der Waals surface area (Å²) in [6.07, 6.45) is 5.16. The normalized spacial score (nSPS) is 13.3. The quantitative estimate of drug-likeness (QED) is 0.732. The summed E-state index contributed by atoms with van der Waals surface area (Å²) in [5.74, 6) is 0. The average molecular weight is 327 g/mol. The minimum atomic E-state index is -2.89. The molecule has 2 rings (SSSR count). The van der Waals surface area contributed by atoms with Crippen LogP contribution in [0.4, 0.5) is 0 Å². The Morgan fingerprint density at radius 2 is 1.48 bits per heavy atom. The fourth-order valence-electron chi connectivity index (χ4n) is 2.70. The Morgan fingerprint density at radius 3 is 1.96 bits per heavy atom. The maximum atomic E-state index is 11.4. The number of hydrogen-bond donors (Lipinski definition) is 2. The van der Waals surface area contributed by atoms with Gasteiger partial charge in [-0.25, -0.2) is 0 Å². The molecule has 2 aromatic carbocycles. The molecular weight excluding hydrogens is 300 g/mol. The summed E-state index contributed by atoms with van der Waals surface area (Å²) in [5, 5.41) is 11.9. The van der Waals surface area contributed by atoms with Crippen LogP contribution < -0.4 is 10.4 Å². The van der Waals surface area contributed by atoms with Crippen LogP contribution in [0.15, 0.2) is 72.4 Å². The van der Waals surface area contributed by atoms with E-state index >= 15 is 0 Å². The van der Waals surface area contributed by atoms with Gasteiger partial charge in [0.2, 0.25) is 0 Å². The first-order valence-electron chi connectivity index (χ1n) is 8.36. The van der Waals surface area contributed by atoms with Gasteiger partial charge in [0.15, 0.2) is 0 Å². The largest absolute Gasteiger partial charge is 0.421 e. The van der Waals surface area contributed by atoms with Crippen molar-refractivity contribution >= 4 is 18.7 Å². The van der Waals surface area contributed by atoms with E-state index in [9.17, 15) is 9.90 Å². The Kier molecular flexibility index (Phi) is 6.78. The molecule has 0 aliphatic carbocycles. The molecule has 0 radical (unpaired) electrons. The van der Waals surface area contributed by atoms with Gasteiger partial charge in [-0.2, -0.15) is 0 Å². The highest BCUT2D eigenvalue weighted by atomic mass is 28.4. The molecule has 3 heteroatoms. The highest BCUT2D eigenvalue weighted by Crippen LogP contribution is 2.08. The van der Waals surface area contributed by atoms with Gasteiger partial charge in [-0.1, -0.05) is 92.2 Å². The second-order valence-electron chi connectivity index (χ2n) is 5.93. The average Bonchev–Trinajstić information content (AvgIpc) is 2.61. The molecule has 1 atom stereocenters. The molecule has 1 unspecified atom stereocenters. The monoisotopic (exact) mass is 326 g/mol. The van der Waals surface area contributed by atoms with Crippen molar-refractivity contribution in [2.24, 2.45) is 0 Å². The van der Waals surface area contributed by atoms with E-state index in [0.29, 0.717) is 6.42 Å². The topological polar surface area (TPSA) is 40.5 Å². The van der Waals surface area contributed by atoms with E-state index in [-0.39, 0.29) is 6.10 Å². The smallest absolute Gasteiger partial charge is 0.277 e. The highest BCUT2D eigenvalue weighted by molar-refractivity contribution is 7.00. The predicted molar refractivity (Wildman–Crippen MR) is 99.4 cm³/mol. The van der Waals surface area contributed by atoms with Gasteiger partial charge in [-0.05, 0) is 23.2 Å². The molecule has 2 aromatic rings. The first-order valence-corrected chi connectivity index (χ1v) is 10.4. The third-order valence-electron chi connectivity index (χ3n) is 4.09. The molecule has 0 amide bonds. The van der Waals surface area contributed by atoms with Gasteiger partial charge in [0, 0.05) is 0 Å². The van der Waals surface area contributed by atoms with Crippen molar-refractivity contribution in [1.29, 1.82) is 0 Å². The summed E-state index contributed by atoms with van der Waals surface area (Å²) in [6, 6.07) is 19.7. The highest BCUT2D eigenvalue weighted by Gasteiger charge is 2.32. The van der Waals surface area contributed by atoms with Crippen LogP contribution in [-0.4, -0.2) is 24.3 Å². The Morgan fingerprint density at radius 1 is 0.957 bits per heavy atom. The van der Waals surface area contributed by atoms with Crippen molar-refractivity contribution < 1.29 is 9.90 Å². The standard InChI is InChI=1S/C20H26O2Si/c1-2-3-11-18(21)12-10-17-23(22,19-13-6-4-7-14-19)20-15-8-5-9-16-20/h4-10,13-18,21-22H,2-3,11-12H2,1H3/b17-10-. The summed E-state index contributed by atoms with van der Waals surface area (Å²) < 4.78 is 0. The Balaban J connectivity index is 2.22. The lowest BCUT2D eigenvalue weighted by Gasteiger charge is -2.23. The van der Waals surface area contributed by atoms with Gasteiger partial charge < -0.3 is 9.90 Å². The van der Waals surface area contributed by atoms with E-state index in [2.05, 4.69) is 6.92 Å². The minimum Gasteiger partial charge on any atom is -0.421 e. The second kappa shape index (κ2) is 8.82. The van der Waals surface area contributed by atoms with Crippen molar-refractivity contribution in [2.75, 3.05) is 0 Å². The van der Waals surface area contributed by atoms with Gasteiger partial charge in [0.25, 0.3) is 8.32 Å². The summed E-state index contributed by atoms with van der Waals surface area (Å²) >= 11 is 0. The number of unbranched alkanes of at least 4 members (excludes halogenated alkanes) is 1. The molecule has 0 aliphatic heterocycles. The van der Waals surface area contributed by atoms with Crippen molar-refractivity contribution in [3.05, 3.63) is 72.4 Å². The van der Waals surface area contributed by atoms with Crippen LogP contribution in [0.1, 0.15) is 32.6 Å². The molecule has 0 aliphatic rings. The second-order valence-corrected chi connectivity index (χ2v) is 8.95. The van der Waals surface area contributed by atoms with Gasteiger partial charge in [0.1, 0.15) is 0 Å². The number of aliphatic hydroxyl groups is 1. The zero-order valence-corrected chi connectivity index (χ0v) is 14.7. The van der Waals surface area contributed by atoms with Crippen LogP contribution in [0.5, 0.6) is 0 Å². The summed E-state index contributed by atoms with van der Waals surface area (Å²) in [6.45, 7) is 2.12. The molecule has 0 spiro atoms. The Hall–Kier alpha value is -1.68. The Labute approximate surface area is 140 Å². The van der Waals surface area contributed by atoms with E-state index in [1.807, 2.05) is 72.4 Å². The third kappa shape index (κ3) is 4.89. The van der Waals surface area contributed by atoms with Crippen molar-refractivity contribution in [2.45, 2.75) is 38.7 Å². The summed E-state index contributed by atoms with van der Waals surface area (Å²) in [4.78, 5) is 11.4. The van der Waals surface area contributed by atoms with Gasteiger partial charge in [-0.3, -0.25) is 0 Å². The first kappa shape index (κ1) is 17.7. The summed E-state index contributed by atoms with van der Waals surface area (Å²) in [7, 11) is -2.89. The molecule has 0 bridgehead atoms. The minimum absolute atomic E-state index is 0.323. The lowest BCUT2D eigenvalue weighted by Crippen LogP contribution is -2.57. The van der Waals surface area contributed by atoms with E-state index in [0.717, 1.165) is 29.6 Å². The van der Waals surface area contributed by atoms with Crippen molar-refractivity contribution in [3.63, 3.8) is 0 Å². The lowest BCUT2D eigenvalue weighted by atomic mass is 10.1. The molecule has 2 N–H and O–H groups in total. The fourth-order valence-corrected chi connectivity index (χ4v) is 5.29. The molecule has 23 heavy (non-hydrogen) atoms. The number of aliphatic hydroxyl groups excluding tert-OH is 1. The lowest BCUT2D eigenvalue weighted by molar-refractivity contribution is 0.164. The van der Waals surface area contributed by atoms with Gasteiger partial charge in [0.05, 0.1) is 6.10 Å². The zero-order chi connectivity index (χ0) is 16.5. The van der Waals surface area contributed by atoms with Crippen LogP contribution in [0.2, 0.25) is 0 Å². The zero-order valence-electron chi connectivity index (χ0n) is 13.7. The number of hydrogen-bond acceptors (Lipinski definition) is 2. The molecule has 122 valence electrons. The number of rotatable bonds is 8. The summed E-state index contributed by atoms with van der Waals surface area (Å²) in [5.41, 5.74) is 1.94. The molecule has 0 saturated carbocycles. The molecule has 0 fully saturated rings. The van der Waals surface area contributed by atoms with Crippen molar-refractivity contribution in [3.8, 4) is 0 Å². The van der Waals surface area contributed by atoms with E-state index in [4.69, 9.17) is 0 Å². The van der Waals surface area contributed by atoms with E-state index < -0.39 is 8.32 Å². The third-order valence-corrected chi connectivity index (χ3v) is 7.23. The van der Waals surface area contributed by atoms with Crippen LogP contribution in [0.25, 0.3) is 0 Å². The molecular formula is C20H26O2Si. The molecule has 0 aromatic heterocycles. The van der Waals surface area contributed by atoms with Crippen molar-refractivity contribution in [1.82, 2.24) is 0 Å². The molecule has 0 heterocycles. The number of benzene rings is 2. The van der Waals surface area contributed by atoms with Crippen LogP contribution in [-0.2, 0) is 0 Å². The van der Waals surface area contributed by atoms with Gasteiger partial charge in [-0.15, -0.1) is 0 Å². The predicted octanol–water partition coefficient (Wildman–Crippen LogP) is 2.78. The Bertz CT molecular complexity index is 556. The SMILES string of the molecule is CCCCC(O)C/C=C\[Si](O)(c1ccccc1)c1ccccc1. The molecule has 2 nitrogen and oxygen atoms in total. The van der Waals surface area contributed by atoms with E-state index in [1.54, 1.807) is 0 Å². The van der Waals surface area contributed by atoms with Crippen LogP contribution in [0, 0.1) is 0 Å². The maximum Gasteiger partial charge on any atom is 0.277 e. The first-order chi connectivity index (χ1) is 11.2. The fraction of sp³-hybridized carbons (Fsp3) is 0.300. The molecule has 0 saturated heterocycles. The van der Waals surface area contributed by atoms with Gasteiger partial charge >= 0.3 is 0 Å². The van der Waals surface area contributed by atoms with E-state index in [1.165, 1.54) is 0 Å².